The number of amides is 4. The minimum absolute atomic E-state index is 0.124. The first-order valence-corrected chi connectivity index (χ1v) is 9.35. The number of rotatable bonds is 3. The van der Waals surface area contributed by atoms with Gasteiger partial charge in [0.1, 0.15) is 12.1 Å². The summed E-state index contributed by atoms with van der Waals surface area (Å²) >= 11 is 0. The minimum atomic E-state index is -0.779. The first-order valence-electron chi connectivity index (χ1n) is 9.35. The van der Waals surface area contributed by atoms with Crippen LogP contribution in [-0.2, 0) is 9.59 Å². The summed E-state index contributed by atoms with van der Waals surface area (Å²) in [5.41, 5.74) is -0.779. The van der Waals surface area contributed by atoms with Crippen LogP contribution in [0.1, 0.15) is 64.7 Å². The van der Waals surface area contributed by atoms with Crippen LogP contribution < -0.4 is 5.32 Å². The van der Waals surface area contributed by atoms with Gasteiger partial charge in [-0.1, -0.05) is 39.0 Å². The Morgan fingerprint density at radius 1 is 1.17 bits per heavy atom. The number of nitrogens with one attached hydrogen (secondary N) is 1. The van der Waals surface area contributed by atoms with Crippen LogP contribution in [0.2, 0.25) is 0 Å². The summed E-state index contributed by atoms with van der Waals surface area (Å²) in [5, 5.41) is 2.91. The number of carbonyl (C=O) groups excluding carboxylic acids is 3. The molecule has 1 heterocycles. The van der Waals surface area contributed by atoms with E-state index in [-0.39, 0.29) is 30.3 Å². The SMILES string of the molecule is CC1CCCCC12NC(=O)N(CC(=O)N(C)C1CCCCC1)C2=O. The number of nitrogens with zero attached hydrogens (tertiary/aromatic N) is 2. The van der Waals surface area contributed by atoms with Gasteiger partial charge in [-0.15, -0.1) is 0 Å². The van der Waals surface area contributed by atoms with Crippen molar-refractivity contribution in [3.05, 3.63) is 0 Å². The summed E-state index contributed by atoms with van der Waals surface area (Å²) in [6, 6.07) is -0.159. The Labute approximate surface area is 143 Å². The molecule has 3 rings (SSSR count). The second kappa shape index (κ2) is 6.73. The first kappa shape index (κ1) is 17.2. The fourth-order valence-corrected chi connectivity index (χ4v) is 4.56. The Morgan fingerprint density at radius 2 is 1.83 bits per heavy atom. The van der Waals surface area contributed by atoms with Crippen LogP contribution in [0.3, 0.4) is 0 Å². The van der Waals surface area contributed by atoms with Gasteiger partial charge >= 0.3 is 6.03 Å². The van der Waals surface area contributed by atoms with Gasteiger partial charge in [-0.3, -0.25) is 14.5 Å². The van der Waals surface area contributed by atoms with Gasteiger partial charge in [0.2, 0.25) is 5.91 Å². The predicted octanol–water partition coefficient (Wildman–Crippen LogP) is 2.28. The highest BCUT2D eigenvalue weighted by Gasteiger charge is 2.55. The number of likely N-dealkylation sites (N-methyl/N-ethyl adjacent to an activating group) is 1. The molecule has 1 saturated heterocycles. The molecular formula is C18H29N3O3. The van der Waals surface area contributed by atoms with Gasteiger partial charge in [0.25, 0.3) is 5.91 Å². The van der Waals surface area contributed by atoms with Crippen molar-refractivity contribution in [3.8, 4) is 0 Å². The van der Waals surface area contributed by atoms with Gasteiger partial charge in [0.05, 0.1) is 0 Å². The van der Waals surface area contributed by atoms with Gasteiger partial charge in [-0.2, -0.15) is 0 Å². The molecule has 6 nitrogen and oxygen atoms in total. The third-order valence-electron chi connectivity index (χ3n) is 6.31. The molecular weight excluding hydrogens is 306 g/mol. The molecule has 24 heavy (non-hydrogen) atoms. The molecule has 3 fully saturated rings. The molecule has 2 unspecified atom stereocenters. The quantitative estimate of drug-likeness (QED) is 0.805. The highest BCUT2D eigenvalue weighted by atomic mass is 16.2. The maximum atomic E-state index is 12.9. The molecule has 2 saturated carbocycles. The number of imide groups is 1. The summed E-state index contributed by atoms with van der Waals surface area (Å²) in [6.45, 7) is 1.89. The molecule has 0 aromatic rings. The van der Waals surface area contributed by atoms with Crippen LogP contribution in [0.5, 0.6) is 0 Å². The highest BCUT2D eigenvalue weighted by molar-refractivity contribution is 6.09. The van der Waals surface area contributed by atoms with Crippen molar-refractivity contribution >= 4 is 17.8 Å². The Bertz CT molecular complexity index is 530. The van der Waals surface area contributed by atoms with Crippen molar-refractivity contribution in [2.24, 2.45) is 5.92 Å². The average Bonchev–Trinajstić information content (AvgIpc) is 2.82. The van der Waals surface area contributed by atoms with Gasteiger partial charge < -0.3 is 10.2 Å². The lowest BCUT2D eigenvalue weighted by Gasteiger charge is -2.37. The third-order valence-corrected chi connectivity index (χ3v) is 6.31. The van der Waals surface area contributed by atoms with Gasteiger partial charge in [-0.05, 0) is 31.6 Å². The average molecular weight is 335 g/mol. The van der Waals surface area contributed by atoms with E-state index in [0.717, 1.165) is 49.8 Å². The summed E-state index contributed by atoms with van der Waals surface area (Å²) in [5.74, 6) is -0.213. The van der Waals surface area contributed by atoms with E-state index in [1.807, 2.05) is 6.92 Å². The van der Waals surface area contributed by atoms with Crippen LogP contribution in [0.4, 0.5) is 4.79 Å². The molecule has 1 aliphatic heterocycles. The van der Waals surface area contributed by atoms with Crippen LogP contribution in [0.25, 0.3) is 0 Å². The van der Waals surface area contributed by atoms with Gasteiger partial charge in [0, 0.05) is 13.1 Å². The van der Waals surface area contributed by atoms with Crippen molar-refractivity contribution in [2.45, 2.75) is 76.3 Å². The maximum Gasteiger partial charge on any atom is 0.325 e. The summed E-state index contributed by atoms with van der Waals surface area (Å²) in [7, 11) is 1.80. The zero-order valence-corrected chi connectivity index (χ0v) is 14.8. The molecule has 1 spiro atoms. The monoisotopic (exact) mass is 335 g/mol. The van der Waals surface area contributed by atoms with E-state index in [2.05, 4.69) is 5.32 Å². The Kier molecular flexibility index (Phi) is 4.83. The zero-order valence-electron chi connectivity index (χ0n) is 14.8. The Hall–Kier alpha value is -1.59. The standard InChI is InChI=1S/C18H29N3O3/c1-13-8-6-7-11-18(13)16(23)21(17(24)19-18)12-15(22)20(2)14-9-4-3-5-10-14/h13-14H,3-12H2,1-2H3,(H,19,24). The normalized spacial score (nSPS) is 31.4. The molecule has 0 aromatic heterocycles. The van der Waals surface area contributed by atoms with Crippen LogP contribution in [0.15, 0.2) is 0 Å². The molecule has 1 N–H and O–H groups in total. The van der Waals surface area contributed by atoms with Crippen molar-refractivity contribution in [1.82, 2.24) is 15.1 Å². The van der Waals surface area contributed by atoms with E-state index in [0.29, 0.717) is 6.42 Å². The van der Waals surface area contributed by atoms with E-state index in [1.54, 1.807) is 11.9 Å². The topological polar surface area (TPSA) is 69.7 Å². The molecule has 134 valence electrons. The van der Waals surface area contributed by atoms with Gasteiger partial charge in [0.15, 0.2) is 0 Å². The minimum Gasteiger partial charge on any atom is -0.341 e. The van der Waals surface area contributed by atoms with Crippen molar-refractivity contribution in [3.63, 3.8) is 0 Å². The number of carbonyl (C=O) groups is 3. The van der Waals surface area contributed by atoms with E-state index in [1.165, 1.54) is 6.42 Å². The van der Waals surface area contributed by atoms with Gasteiger partial charge in [-0.25, -0.2) is 4.79 Å². The summed E-state index contributed by atoms with van der Waals surface area (Å²) < 4.78 is 0. The molecule has 4 amide bonds. The van der Waals surface area contributed by atoms with Crippen molar-refractivity contribution < 1.29 is 14.4 Å². The molecule has 6 heteroatoms. The summed E-state index contributed by atoms with van der Waals surface area (Å²) in [6.07, 6.45) is 9.21. The van der Waals surface area contributed by atoms with Crippen molar-refractivity contribution in [2.75, 3.05) is 13.6 Å². The number of urea groups is 1. The lowest BCUT2D eigenvalue weighted by Crippen LogP contribution is -2.54. The lowest BCUT2D eigenvalue weighted by atomic mass is 9.73. The van der Waals surface area contributed by atoms with Crippen LogP contribution in [0, 0.1) is 5.92 Å². The second-order valence-electron chi connectivity index (χ2n) is 7.74. The number of hydrogen-bond donors (Lipinski definition) is 1. The van der Waals surface area contributed by atoms with Crippen LogP contribution in [-0.4, -0.2) is 52.8 Å². The first-order chi connectivity index (χ1) is 11.5. The van der Waals surface area contributed by atoms with E-state index < -0.39 is 11.6 Å². The largest absolute Gasteiger partial charge is 0.341 e. The van der Waals surface area contributed by atoms with E-state index in [4.69, 9.17) is 0 Å². The molecule has 0 bridgehead atoms. The third kappa shape index (κ3) is 2.91. The summed E-state index contributed by atoms with van der Waals surface area (Å²) in [4.78, 5) is 40.8. The van der Waals surface area contributed by atoms with Crippen LogP contribution >= 0.6 is 0 Å². The fourth-order valence-electron chi connectivity index (χ4n) is 4.56. The smallest absolute Gasteiger partial charge is 0.325 e. The molecule has 3 aliphatic rings. The molecule has 0 aromatic carbocycles. The molecule has 0 radical (unpaired) electrons. The highest BCUT2D eigenvalue weighted by Crippen LogP contribution is 2.38. The number of hydrogen-bond acceptors (Lipinski definition) is 3. The lowest BCUT2D eigenvalue weighted by molar-refractivity contribution is -0.141. The van der Waals surface area contributed by atoms with Crippen molar-refractivity contribution in [1.29, 1.82) is 0 Å². The maximum absolute atomic E-state index is 12.9. The fraction of sp³-hybridized carbons (Fsp3) is 0.833. The Balaban J connectivity index is 1.67. The zero-order chi connectivity index (χ0) is 17.3. The van der Waals surface area contributed by atoms with E-state index >= 15 is 0 Å². The van der Waals surface area contributed by atoms with E-state index in [9.17, 15) is 14.4 Å². The second-order valence-corrected chi connectivity index (χ2v) is 7.74. The molecule has 2 atom stereocenters. The predicted molar refractivity (Wildman–Crippen MR) is 90.3 cm³/mol. The molecule has 2 aliphatic carbocycles. The Morgan fingerprint density at radius 3 is 2.50 bits per heavy atom.